The number of thioether (sulfide) groups is 1. The number of thiophene rings is 1. The van der Waals surface area contributed by atoms with Gasteiger partial charge >= 0.3 is 5.69 Å². The molecule has 0 atom stereocenters. The van der Waals surface area contributed by atoms with E-state index < -0.39 is 0 Å². The van der Waals surface area contributed by atoms with Gasteiger partial charge in [-0.3, -0.25) is 14.2 Å². The standard InChI is InChI=1S/C17H22N4O4S2/c1-2-5-21-16(24)18-19-17(21)26-11-13(22)14-4-3-12(27-14)10-15(23)20-6-8-25-9-7-20/h3-4H,2,5-11H2,1H3,(H,18,24). The number of ether oxygens (including phenoxy) is 1. The molecule has 2 aromatic rings. The molecule has 0 aliphatic carbocycles. The molecule has 2 aromatic heterocycles. The Labute approximate surface area is 164 Å². The number of rotatable bonds is 8. The van der Waals surface area contributed by atoms with Crippen LogP contribution in [0.4, 0.5) is 0 Å². The third kappa shape index (κ3) is 5.08. The molecule has 0 aromatic carbocycles. The zero-order valence-corrected chi connectivity index (χ0v) is 16.7. The molecule has 27 heavy (non-hydrogen) atoms. The number of aromatic nitrogens is 3. The van der Waals surface area contributed by atoms with E-state index in [0.717, 1.165) is 11.3 Å². The molecule has 1 aliphatic rings. The van der Waals surface area contributed by atoms with Crippen molar-refractivity contribution in [1.29, 1.82) is 0 Å². The summed E-state index contributed by atoms with van der Waals surface area (Å²) in [5.74, 6) is 0.230. The van der Waals surface area contributed by atoms with Crippen LogP contribution in [-0.2, 0) is 22.5 Å². The molecule has 0 saturated carbocycles. The number of Topliss-reactive ketones (excluding diaryl/α,β-unsaturated/α-hetero) is 1. The van der Waals surface area contributed by atoms with Crippen molar-refractivity contribution in [1.82, 2.24) is 19.7 Å². The average Bonchev–Trinajstić information content (AvgIpc) is 3.28. The molecular weight excluding hydrogens is 388 g/mol. The monoisotopic (exact) mass is 410 g/mol. The van der Waals surface area contributed by atoms with E-state index in [-0.39, 0.29) is 23.1 Å². The Kier molecular flexibility index (Phi) is 6.86. The maximum atomic E-state index is 12.4. The molecule has 3 heterocycles. The van der Waals surface area contributed by atoms with E-state index in [9.17, 15) is 14.4 Å². The fourth-order valence-electron chi connectivity index (χ4n) is 2.73. The van der Waals surface area contributed by atoms with Crippen molar-refractivity contribution in [3.63, 3.8) is 0 Å². The van der Waals surface area contributed by atoms with Crippen LogP contribution in [0.1, 0.15) is 27.9 Å². The zero-order chi connectivity index (χ0) is 19.2. The second-order valence-electron chi connectivity index (χ2n) is 6.11. The minimum Gasteiger partial charge on any atom is -0.378 e. The topological polar surface area (TPSA) is 97.3 Å². The van der Waals surface area contributed by atoms with Gasteiger partial charge in [-0.15, -0.1) is 16.4 Å². The molecule has 1 amide bonds. The second-order valence-corrected chi connectivity index (χ2v) is 8.22. The quantitative estimate of drug-likeness (QED) is 0.522. The molecule has 0 spiro atoms. The summed E-state index contributed by atoms with van der Waals surface area (Å²) < 4.78 is 6.80. The molecule has 146 valence electrons. The van der Waals surface area contributed by atoms with Crippen molar-refractivity contribution in [2.24, 2.45) is 0 Å². The molecule has 3 rings (SSSR count). The molecule has 1 saturated heterocycles. The fraction of sp³-hybridized carbons (Fsp3) is 0.529. The van der Waals surface area contributed by atoms with Crippen LogP contribution in [0.3, 0.4) is 0 Å². The summed E-state index contributed by atoms with van der Waals surface area (Å²) in [5, 5.41) is 6.92. The smallest absolute Gasteiger partial charge is 0.343 e. The minimum absolute atomic E-state index is 0.0337. The number of morpholine rings is 1. The number of carbonyl (C=O) groups is 2. The number of nitrogens with zero attached hydrogens (tertiary/aromatic N) is 3. The molecule has 0 bridgehead atoms. The van der Waals surface area contributed by atoms with Crippen LogP contribution >= 0.6 is 23.1 Å². The van der Waals surface area contributed by atoms with E-state index in [0.29, 0.717) is 49.3 Å². The number of H-pyrrole nitrogens is 1. The zero-order valence-electron chi connectivity index (χ0n) is 15.1. The molecule has 0 unspecified atom stereocenters. The van der Waals surface area contributed by atoms with Crippen molar-refractivity contribution >= 4 is 34.8 Å². The van der Waals surface area contributed by atoms with Crippen molar-refractivity contribution in [2.45, 2.75) is 31.5 Å². The van der Waals surface area contributed by atoms with Gasteiger partial charge in [0.25, 0.3) is 0 Å². The van der Waals surface area contributed by atoms with Gasteiger partial charge in [0, 0.05) is 24.5 Å². The van der Waals surface area contributed by atoms with Gasteiger partial charge in [-0.25, -0.2) is 9.89 Å². The van der Waals surface area contributed by atoms with Crippen molar-refractivity contribution in [2.75, 3.05) is 32.1 Å². The number of hydrogen-bond donors (Lipinski definition) is 1. The molecule has 1 aliphatic heterocycles. The van der Waals surface area contributed by atoms with E-state index in [2.05, 4.69) is 10.2 Å². The molecule has 0 radical (unpaired) electrons. The lowest BCUT2D eigenvalue weighted by atomic mass is 10.3. The Morgan fingerprint density at radius 2 is 2.11 bits per heavy atom. The van der Waals surface area contributed by atoms with Gasteiger partial charge in [0.1, 0.15) is 0 Å². The summed E-state index contributed by atoms with van der Waals surface area (Å²) in [7, 11) is 0. The average molecular weight is 411 g/mol. The number of ketones is 1. The molecule has 1 N–H and O–H groups in total. The Hall–Kier alpha value is -1.91. The lowest BCUT2D eigenvalue weighted by molar-refractivity contribution is -0.134. The lowest BCUT2D eigenvalue weighted by Crippen LogP contribution is -2.41. The predicted octanol–water partition coefficient (Wildman–Crippen LogP) is 1.42. The number of hydrogen-bond acceptors (Lipinski definition) is 7. The van der Waals surface area contributed by atoms with Crippen LogP contribution in [0.2, 0.25) is 0 Å². The van der Waals surface area contributed by atoms with Crippen LogP contribution in [0.15, 0.2) is 22.1 Å². The first-order valence-corrected chi connectivity index (χ1v) is 10.6. The summed E-state index contributed by atoms with van der Waals surface area (Å²) in [6.45, 7) is 4.94. The Morgan fingerprint density at radius 1 is 1.33 bits per heavy atom. The van der Waals surface area contributed by atoms with Gasteiger partial charge in [-0.2, -0.15) is 0 Å². The van der Waals surface area contributed by atoms with E-state index >= 15 is 0 Å². The molecule has 10 heteroatoms. The maximum absolute atomic E-state index is 12.4. The summed E-state index contributed by atoms with van der Waals surface area (Å²) in [6.07, 6.45) is 1.12. The van der Waals surface area contributed by atoms with Crippen LogP contribution in [0.25, 0.3) is 0 Å². The third-order valence-electron chi connectivity index (χ3n) is 4.13. The van der Waals surface area contributed by atoms with Crippen LogP contribution in [0, 0.1) is 0 Å². The van der Waals surface area contributed by atoms with Gasteiger partial charge in [-0.05, 0) is 18.6 Å². The van der Waals surface area contributed by atoms with Gasteiger partial charge in [0.15, 0.2) is 10.9 Å². The number of nitrogens with one attached hydrogen (secondary N) is 1. The molecular formula is C17H22N4O4S2. The van der Waals surface area contributed by atoms with Gasteiger partial charge in [-0.1, -0.05) is 18.7 Å². The van der Waals surface area contributed by atoms with E-state index in [1.165, 1.54) is 23.1 Å². The first-order valence-electron chi connectivity index (χ1n) is 8.84. The normalized spacial score (nSPS) is 14.5. The fourth-order valence-corrected chi connectivity index (χ4v) is 4.62. The predicted molar refractivity (Wildman–Crippen MR) is 104 cm³/mol. The van der Waals surface area contributed by atoms with Crippen LogP contribution in [-0.4, -0.2) is 63.4 Å². The van der Waals surface area contributed by atoms with E-state index in [4.69, 9.17) is 4.74 Å². The highest BCUT2D eigenvalue weighted by Crippen LogP contribution is 2.22. The van der Waals surface area contributed by atoms with Crippen LogP contribution in [0.5, 0.6) is 0 Å². The van der Waals surface area contributed by atoms with E-state index in [1.54, 1.807) is 15.5 Å². The summed E-state index contributed by atoms with van der Waals surface area (Å²) >= 11 is 2.60. The lowest BCUT2D eigenvalue weighted by Gasteiger charge is -2.26. The first kappa shape index (κ1) is 19.8. The maximum Gasteiger partial charge on any atom is 0.343 e. The Bertz CT molecular complexity index is 851. The second kappa shape index (κ2) is 9.34. The van der Waals surface area contributed by atoms with Crippen molar-refractivity contribution in [3.05, 3.63) is 32.4 Å². The van der Waals surface area contributed by atoms with Gasteiger partial charge < -0.3 is 9.64 Å². The number of amides is 1. The van der Waals surface area contributed by atoms with Crippen molar-refractivity contribution in [3.8, 4) is 0 Å². The minimum atomic E-state index is -0.258. The number of carbonyl (C=O) groups excluding carboxylic acids is 2. The summed E-state index contributed by atoms with van der Waals surface area (Å²) in [5.41, 5.74) is -0.258. The van der Waals surface area contributed by atoms with E-state index in [1.807, 2.05) is 13.0 Å². The highest BCUT2D eigenvalue weighted by Gasteiger charge is 2.19. The Morgan fingerprint density at radius 3 is 2.85 bits per heavy atom. The summed E-state index contributed by atoms with van der Waals surface area (Å²) in [4.78, 5) is 39.7. The molecule has 8 nitrogen and oxygen atoms in total. The first-order chi connectivity index (χ1) is 13.1. The number of aromatic amines is 1. The van der Waals surface area contributed by atoms with Crippen molar-refractivity contribution < 1.29 is 14.3 Å². The van der Waals surface area contributed by atoms with Gasteiger partial charge in [0.2, 0.25) is 5.91 Å². The van der Waals surface area contributed by atoms with Gasteiger partial charge in [0.05, 0.1) is 30.3 Å². The largest absolute Gasteiger partial charge is 0.378 e. The Balaban J connectivity index is 1.55. The highest BCUT2D eigenvalue weighted by molar-refractivity contribution is 7.99. The SMILES string of the molecule is CCCn1c(SCC(=O)c2ccc(CC(=O)N3CCOCC3)s2)n[nH]c1=O. The summed E-state index contributed by atoms with van der Waals surface area (Å²) in [6, 6.07) is 3.60. The van der Waals surface area contributed by atoms with Crippen LogP contribution < -0.4 is 5.69 Å². The molecule has 1 fully saturated rings. The third-order valence-corrected chi connectivity index (χ3v) is 6.23. The highest BCUT2D eigenvalue weighted by atomic mass is 32.2.